The van der Waals surface area contributed by atoms with Crippen molar-refractivity contribution in [2.75, 3.05) is 23.3 Å². The Morgan fingerprint density at radius 2 is 1.92 bits per heavy atom. The Bertz CT molecular complexity index is 929. The lowest BCUT2D eigenvalue weighted by atomic mass is 10.1. The van der Waals surface area contributed by atoms with Crippen molar-refractivity contribution in [1.29, 1.82) is 0 Å². The van der Waals surface area contributed by atoms with Crippen LogP contribution in [-0.4, -0.2) is 38.7 Å². The molecule has 7 nitrogen and oxygen atoms in total. The summed E-state index contributed by atoms with van der Waals surface area (Å²) < 4.78 is 1.61. The fourth-order valence-electron chi connectivity index (χ4n) is 2.93. The summed E-state index contributed by atoms with van der Waals surface area (Å²) in [4.78, 5) is 23.3. The molecule has 136 valence electrons. The molecule has 3 rings (SSSR count). The molecule has 7 heteroatoms. The maximum absolute atomic E-state index is 12.4. The number of amides is 1. The number of nitrogens with zero attached hydrogens (tertiary/aromatic N) is 5. The van der Waals surface area contributed by atoms with Gasteiger partial charge >= 0.3 is 0 Å². The van der Waals surface area contributed by atoms with Crippen LogP contribution in [0.4, 0.5) is 11.5 Å². The number of benzene rings is 1. The van der Waals surface area contributed by atoms with Crippen LogP contribution in [0.25, 0.3) is 11.0 Å². The number of carbonyl (C=O) groups is 1. The van der Waals surface area contributed by atoms with E-state index in [1.54, 1.807) is 10.9 Å². The lowest BCUT2D eigenvalue weighted by molar-refractivity contribution is -0.116. The highest BCUT2D eigenvalue weighted by Crippen LogP contribution is 2.22. The minimum absolute atomic E-state index is 0.102. The van der Waals surface area contributed by atoms with Crippen LogP contribution in [0.5, 0.6) is 0 Å². The quantitative estimate of drug-likeness (QED) is 0.738. The molecule has 3 aromatic rings. The van der Waals surface area contributed by atoms with Crippen LogP contribution < -0.4 is 10.2 Å². The first-order valence-electron chi connectivity index (χ1n) is 8.82. The molecule has 0 fully saturated rings. The normalized spacial score (nSPS) is 10.9. The van der Waals surface area contributed by atoms with Crippen molar-refractivity contribution in [2.45, 2.75) is 34.2 Å². The average Bonchev–Trinajstić information content (AvgIpc) is 3.03. The zero-order valence-corrected chi connectivity index (χ0v) is 15.7. The van der Waals surface area contributed by atoms with E-state index >= 15 is 0 Å². The average molecular weight is 352 g/mol. The zero-order chi connectivity index (χ0) is 18.7. The van der Waals surface area contributed by atoms with Gasteiger partial charge in [0.1, 0.15) is 18.7 Å². The van der Waals surface area contributed by atoms with Gasteiger partial charge in [-0.25, -0.2) is 14.6 Å². The first-order valence-corrected chi connectivity index (χ1v) is 8.82. The summed E-state index contributed by atoms with van der Waals surface area (Å²) in [6.45, 7) is 10.0. The summed E-state index contributed by atoms with van der Waals surface area (Å²) >= 11 is 0. The van der Waals surface area contributed by atoms with Gasteiger partial charge in [-0.3, -0.25) is 4.79 Å². The lowest BCUT2D eigenvalue weighted by Gasteiger charge is -2.19. The summed E-state index contributed by atoms with van der Waals surface area (Å²) in [5.41, 5.74) is 3.79. The Morgan fingerprint density at radius 3 is 2.62 bits per heavy atom. The molecular formula is C19H24N6O. The van der Waals surface area contributed by atoms with Crippen molar-refractivity contribution in [1.82, 2.24) is 19.7 Å². The molecule has 1 N–H and O–H groups in total. The van der Waals surface area contributed by atoms with Crippen LogP contribution in [-0.2, 0) is 11.3 Å². The molecule has 0 saturated carbocycles. The van der Waals surface area contributed by atoms with E-state index in [9.17, 15) is 4.79 Å². The van der Waals surface area contributed by atoms with E-state index in [2.05, 4.69) is 39.1 Å². The topological polar surface area (TPSA) is 75.9 Å². The SMILES string of the molecule is CCN(CC)c1ncnc2c1cnn2CC(=O)Nc1ccc(C)c(C)c1. The molecule has 0 bridgehead atoms. The minimum Gasteiger partial charge on any atom is -0.356 e. The minimum atomic E-state index is -0.138. The molecule has 0 saturated heterocycles. The first-order chi connectivity index (χ1) is 12.5. The molecule has 0 aliphatic carbocycles. The lowest BCUT2D eigenvalue weighted by Crippen LogP contribution is -2.23. The third-order valence-corrected chi connectivity index (χ3v) is 4.56. The van der Waals surface area contributed by atoms with E-state index in [1.165, 1.54) is 11.9 Å². The van der Waals surface area contributed by atoms with E-state index < -0.39 is 0 Å². The maximum atomic E-state index is 12.4. The Balaban J connectivity index is 1.81. The first kappa shape index (κ1) is 17.8. The van der Waals surface area contributed by atoms with Crippen LogP contribution >= 0.6 is 0 Å². The number of aryl methyl sites for hydroxylation is 2. The molecule has 0 unspecified atom stereocenters. The van der Waals surface area contributed by atoms with Gasteiger partial charge in [-0.05, 0) is 51.0 Å². The van der Waals surface area contributed by atoms with Crippen molar-refractivity contribution in [2.24, 2.45) is 0 Å². The molecule has 2 aromatic heterocycles. The number of carbonyl (C=O) groups excluding carboxylic acids is 1. The predicted octanol–water partition coefficient (Wildman–Crippen LogP) is 2.93. The number of hydrogen-bond acceptors (Lipinski definition) is 5. The second-order valence-electron chi connectivity index (χ2n) is 6.26. The van der Waals surface area contributed by atoms with Crippen LogP contribution in [0, 0.1) is 13.8 Å². The van der Waals surface area contributed by atoms with Gasteiger partial charge in [0.25, 0.3) is 0 Å². The maximum Gasteiger partial charge on any atom is 0.246 e. The second kappa shape index (κ2) is 7.51. The summed E-state index contributed by atoms with van der Waals surface area (Å²) in [5, 5.41) is 8.12. The summed E-state index contributed by atoms with van der Waals surface area (Å²) in [7, 11) is 0. The summed E-state index contributed by atoms with van der Waals surface area (Å²) in [6, 6.07) is 5.87. The number of hydrogen-bond donors (Lipinski definition) is 1. The van der Waals surface area contributed by atoms with Gasteiger partial charge in [0.05, 0.1) is 11.6 Å². The molecule has 0 aliphatic heterocycles. The Morgan fingerprint density at radius 1 is 1.15 bits per heavy atom. The molecule has 1 aromatic carbocycles. The number of anilines is 2. The number of rotatable bonds is 6. The monoisotopic (exact) mass is 352 g/mol. The highest BCUT2D eigenvalue weighted by atomic mass is 16.2. The fraction of sp³-hybridized carbons (Fsp3) is 0.368. The summed E-state index contributed by atoms with van der Waals surface area (Å²) in [6.07, 6.45) is 3.25. The Kier molecular flexibility index (Phi) is 5.16. The van der Waals surface area contributed by atoms with Crippen molar-refractivity contribution in [3.05, 3.63) is 41.9 Å². The second-order valence-corrected chi connectivity index (χ2v) is 6.26. The Labute approximate surface area is 153 Å². The van der Waals surface area contributed by atoms with E-state index in [4.69, 9.17) is 0 Å². The molecule has 0 atom stereocenters. The van der Waals surface area contributed by atoms with Crippen molar-refractivity contribution in [3.8, 4) is 0 Å². The number of aromatic nitrogens is 4. The van der Waals surface area contributed by atoms with Crippen LogP contribution in [0.1, 0.15) is 25.0 Å². The third kappa shape index (κ3) is 3.51. The van der Waals surface area contributed by atoms with Gasteiger partial charge in [0, 0.05) is 18.8 Å². The van der Waals surface area contributed by atoms with Gasteiger partial charge in [0.2, 0.25) is 5.91 Å². The van der Waals surface area contributed by atoms with Gasteiger partial charge in [-0.15, -0.1) is 0 Å². The van der Waals surface area contributed by atoms with E-state index in [-0.39, 0.29) is 12.5 Å². The van der Waals surface area contributed by atoms with E-state index in [1.807, 2.05) is 32.0 Å². The largest absolute Gasteiger partial charge is 0.356 e. The van der Waals surface area contributed by atoms with E-state index in [0.717, 1.165) is 35.5 Å². The summed E-state index contributed by atoms with van der Waals surface area (Å²) in [5.74, 6) is 0.710. The smallest absolute Gasteiger partial charge is 0.246 e. The van der Waals surface area contributed by atoms with Crippen LogP contribution in [0.3, 0.4) is 0 Å². The van der Waals surface area contributed by atoms with Gasteiger partial charge in [-0.1, -0.05) is 6.07 Å². The molecular weight excluding hydrogens is 328 g/mol. The fourth-order valence-corrected chi connectivity index (χ4v) is 2.93. The van der Waals surface area contributed by atoms with Crippen LogP contribution in [0.2, 0.25) is 0 Å². The molecule has 0 aliphatic rings. The predicted molar refractivity (Wildman–Crippen MR) is 103 cm³/mol. The molecule has 2 heterocycles. The molecule has 26 heavy (non-hydrogen) atoms. The van der Waals surface area contributed by atoms with Crippen LogP contribution in [0.15, 0.2) is 30.7 Å². The van der Waals surface area contributed by atoms with Gasteiger partial charge < -0.3 is 10.2 Å². The highest BCUT2D eigenvalue weighted by molar-refractivity contribution is 5.92. The number of fused-ring (bicyclic) bond motifs is 1. The van der Waals surface area contributed by atoms with E-state index in [0.29, 0.717) is 5.65 Å². The van der Waals surface area contributed by atoms with Crippen molar-refractivity contribution < 1.29 is 4.79 Å². The number of nitrogens with one attached hydrogen (secondary N) is 1. The Hall–Kier alpha value is -2.96. The molecule has 0 radical (unpaired) electrons. The standard InChI is InChI=1S/C19H24N6O/c1-5-24(6-2)18-16-10-22-25(19(16)21-12-20-18)11-17(26)23-15-8-7-13(3)14(4)9-15/h7-10,12H,5-6,11H2,1-4H3,(H,23,26). The van der Waals surface area contributed by atoms with Gasteiger partial charge in [0.15, 0.2) is 5.65 Å². The van der Waals surface area contributed by atoms with Crippen molar-refractivity contribution in [3.63, 3.8) is 0 Å². The van der Waals surface area contributed by atoms with Gasteiger partial charge in [-0.2, -0.15) is 5.10 Å². The highest BCUT2D eigenvalue weighted by Gasteiger charge is 2.15. The molecule has 0 spiro atoms. The zero-order valence-electron chi connectivity index (χ0n) is 15.7. The third-order valence-electron chi connectivity index (χ3n) is 4.56. The van der Waals surface area contributed by atoms with Crippen molar-refractivity contribution >= 4 is 28.4 Å². The molecule has 1 amide bonds.